The van der Waals surface area contributed by atoms with Gasteiger partial charge in [0.25, 0.3) is 11.8 Å². The summed E-state index contributed by atoms with van der Waals surface area (Å²) in [6, 6.07) is 15.1. The molecule has 2 aromatic carbocycles. The van der Waals surface area contributed by atoms with Gasteiger partial charge in [-0.1, -0.05) is 17.7 Å². The third-order valence-electron chi connectivity index (χ3n) is 4.49. The smallest absolute Gasteiger partial charge is 0.274 e. The molecule has 160 valence electrons. The van der Waals surface area contributed by atoms with Crippen LogP contribution in [0.25, 0.3) is 0 Å². The molecule has 1 aromatic heterocycles. The standard InChI is InChI=1S/C23H23ClN4O3/c1-28(2)23(31)16-9-15(13-25-14-17-11-18(24)6-7-21(17)29)10-19(12-16)27-22(30)20-5-3-4-8-26-20/h3-12,25,29H,13-14H2,1-2H3,(H,27,30). The SMILES string of the molecule is CN(C)C(=O)c1cc(CNCc2cc(Cl)ccc2O)cc(NC(=O)c2ccccn2)c1. The number of anilines is 1. The highest BCUT2D eigenvalue weighted by molar-refractivity contribution is 6.30. The zero-order chi connectivity index (χ0) is 22.4. The monoisotopic (exact) mass is 438 g/mol. The third-order valence-corrected chi connectivity index (χ3v) is 4.72. The van der Waals surface area contributed by atoms with Crippen LogP contribution in [0.15, 0.2) is 60.8 Å². The van der Waals surface area contributed by atoms with E-state index in [2.05, 4.69) is 15.6 Å². The number of rotatable bonds is 7. The number of benzene rings is 2. The minimum absolute atomic E-state index is 0.150. The molecule has 0 aliphatic carbocycles. The summed E-state index contributed by atoms with van der Waals surface area (Å²) in [5.41, 5.74) is 2.68. The van der Waals surface area contributed by atoms with Gasteiger partial charge in [0, 0.05) is 55.2 Å². The largest absolute Gasteiger partial charge is 0.508 e. The molecule has 3 rings (SSSR count). The number of hydrogen-bond acceptors (Lipinski definition) is 5. The summed E-state index contributed by atoms with van der Waals surface area (Å²) in [7, 11) is 3.34. The fraction of sp³-hybridized carbons (Fsp3) is 0.174. The summed E-state index contributed by atoms with van der Waals surface area (Å²) in [6.45, 7) is 0.792. The van der Waals surface area contributed by atoms with Crippen molar-refractivity contribution in [2.45, 2.75) is 13.1 Å². The Bertz CT molecular complexity index is 1090. The quantitative estimate of drug-likeness (QED) is 0.523. The molecule has 0 aliphatic heterocycles. The van der Waals surface area contributed by atoms with Gasteiger partial charge in [-0.05, 0) is 54.1 Å². The molecule has 31 heavy (non-hydrogen) atoms. The van der Waals surface area contributed by atoms with Gasteiger partial charge in [0.15, 0.2) is 0 Å². The molecule has 0 spiro atoms. The fourth-order valence-electron chi connectivity index (χ4n) is 2.98. The second kappa shape index (κ2) is 10.1. The zero-order valence-corrected chi connectivity index (χ0v) is 18.0. The van der Waals surface area contributed by atoms with Gasteiger partial charge >= 0.3 is 0 Å². The van der Waals surface area contributed by atoms with Crippen molar-refractivity contribution in [3.8, 4) is 5.75 Å². The molecule has 2 amide bonds. The van der Waals surface area contributed by atoms with Crippen molar-refractivity contribution < 1.29 is 14.7 Å². The Kier molecular flexibility index (Phi) is 7.23. The molecule has 3 N–H and O–H groups in total. The number of aromatic nitrogens is 1. The number of amides is 2. The second-order valence-electron chi connectivity index (χ2n) is 7.16. The first-order valence-electron chi connectivity index (χ1n) is 9.59. The molecule has 0 bridgehead atoms. The number of carbonyl (C=O) groups excluding carboxylic acids is 2. The summed E-state index contributed by atoms with van der Waals surface area (Å²) < 4.78 is 0. The Labute approximate surface area is 185 Å². The van der Waals surface area contributed by atoms with Gasteiger partial charge < -0.3 is 20.6 Å². The predicted molar refractivity (Wildman–Crippen MR) is 120 cm³/mol. The van der Waals surface area contributed by atoms with Crippen molar-refractivity contribution in [1.82, 2.24) is 15.2 Å². The first-order chi connectivity index (χ1) is 14.8. The molecule has 0 saturated heterocycles. The van der Waals surface area contributed by atoms with Crippen LogP contribution in [0.1, 0.15) is 32.0 Å². The number of phenolic OH excluding ortho intramolecular Hbond substituents is 1. The topological polar surface area (TPSA) is 94.6 Å². The van der Waals surface area contributed by atoms with Crippen molar-refractivity contribution in [2.24, 2.45) is 0 Å². The van der Waals surface area contributed by atoms with Crippen LogP contribution in [0.5, 0.6) is 5.75 Å². The van der Waals surface area contributed by atoms with Crippen LogP contribution in [0, 0.1) is 0 Å². The summed E-state index contributed by atoms with van der Waals surface area (Å²) in [6.07, 6.45) is 1.54. The van der Waals surface area contributed by atoms with Crippen molar-refractivity contribution in [2.75, 3.05) is 19.4 Å². The molecule has 3 aromatic rings. The maximum atomic E-state index is 12.5. The lowest BCUT2D eigenvalue weighted by Crippen LogP contribution is -2.23. The van der Waals surface area contributed by atoms with Crippen molar-refractivity contribution in [3.05, 3.63) is 88.2 Å². The van der Waals surface area contributed by atoms with E-state index in [4.69, 9.17) is 11.6 Å². The van der Waals surface area contributed by atoms with Gasteiger partial charge in [-0.25, -0.2) is 0 Å². The summed E-state index contributed by atoms with van der Waals surface area (Å²) in [5.74, 6) is -0.391. The molecule has 0 unspecified atom stereocenters. The van der Waals surface area contributed by atoms with E-state index in [0.29, 0.717) is 34.9 Å². The highest BCUT2D eigenvalue weighted by atomic mass is 35.5. The van der Waals surface area contributed by atoms with E-state index in [1.54, 1.807) is 74.9 Å². The van der Waals surface area contributed by atoms with Crippen LogP contribution in [0.2, 0.25) is 5.02 Å². The summed E-state index contributed by atoms with van der Waals surface area (Å²) >= 11 is 5.99. The lowest BCUT2D eigenvalue weighted by molar-refractivity contribution is 0.0827. The van der Waals surface area contributed by atoms with E-state index in [1.165, 1.54) is 4.90 Å². The number of carbonyl (C=O) groups is 2. The van der Waals surface area contributed by atoms with Crippen molar-refractivity contribution in [3.63, 3.8) is 0 Å². The van der Waals surface area contributed by atoms with E-state index in [1.807, 2.05) is 0 Å². The number of halogens is 1. The lowest BCUT2D eigenvalue weighted by Gasteiger charge is -2.15. The molecular weight excluding hydrogens is 416 g/mol. The molecule has 0 radical (unpaired) electrons. The molecule has 0 saturated carbocycles. The average Bonchev–Trinajstić information content (AvgIpc) is 2.76. The first kappa shape index (κ1) is 22.3. The predicted octanol–water partition coefficient (Wildman–Crippen LogP) is 3.68. The lowest BCUT2D eigenvalue weighted by atomic mass is 10.1. The van der Waals surface area contributed by atoms with Gasteiger partial charge in [-0.15, -0.1) is 0 Å². The second-order valence-corrected chi connectivity index (χ2v) is 7.60. The molecular formula is C23H23ClN4O3. The third kappa shape index (κ3) is 6.04. The van der Waals surface area contributed by atoms with E-state index in [0.717, 1.165) is 5.56 Å². The first-order valence-corrected chi connectivity index (χ1v) is 9.97. The fourth-order valence-corrected chi connectivity index (χ4v) is 3.17. The minimum atomic E-state index is -0.363. The molecule has 0 atom stereocenters. The molecule has 7 nitrogen and oxygen atoms in total. The maximum absolute atomic E-state index is 12.5. The number of aromatic hydroxyl groups is 1. The molecule has 8 heteroatoms. The van der Waals surface area contributed by atoms with Crippen LogP contribution < -0.4 is 10.6 Å². The minimum Gasteiger partial charge on any atom is -0.508 e. The zero-order valence-electron chi connectivity index (χ0n) is 17.2. The van der Waals surface area contributed by atoms with E-state index in [9.17, 15) is 14.7 Å². The van der Waals surface area contributed by atoms with Gasteiger partial charge in [0.1, 0.15) is 11.4 Å². The highest BCUT2D eigenvalue weighted by Gasteiger charge is 2.13. The number of nitrogens with zero attached hydrogens (tertiary/aromatic N) is 2. The summed E-state index contributed by atoms with van der Waals surface area (Å²) in [5, 5.41) is 16.5. The van der Waals surface area contributed by atoms with Crippen molar-refractivity contribution in [1.29, 1.82) is 0 Å². The Hall–Kier alpha value is -3.42. The Morgan fingerprint density at radius 3 is 2.58 bits per heavy atom. The normalized spacial score (nSPS) is 10.5. The maximum Gasteiger partial charge on any atom is 0.274 e. The number of phenols is 1. The van der Waals surface area contributed by atoms with Crippen LogP contribution in [0.3, 0.4) is 0 Å². The average molecular weight is 439 g/mol. The molecule has 0 aliphatic rings. The van der Waals surface area contributed by atoms with Gasteiger partial charge in [0.2, 0.25) is 0 Å². The van der Waals surface area contributed by atoms with Gasteiger partial charge in [-0.2, -0.15) is 0 Å². The summed E-state index contributed by atoms with van der Waals surface area (Å²) in [4.78, 5) is 30.5. The molecule has 1 heterocycles. The van der Waals surface area contributed by atoms with Crippen LogP contribution in [-0.2, 0) is 13.1 Å². The Balaban J connectivity index is 1.79. The van der Waals surface area contributed by atoms with Crippen LogP contribution in [-0.4, -0.2) is 40.9 Å². The van der Waals surface area contributed by atoms with E-state index < -0.39 is 0 Å². The van der Waals surface area contributed by atoms with Gasteiger partial charge in [0.05, 0.1) is 0 Å². The van der Waals surface area contributed by atoms with Crippen molar-refractivity contribution >= 4 is 29.1 Å². The molecule has 0 fully saturated rings. The van der Waals surface area contributed by atoms with E-state index in [-0.39, 0.29) is 23.3 Å². The number of nitrogens with one attached hydrogen (secondary N) is 2. The van der Waals surface area contributed by atoms with Gasteiger partial charge in [-0.3, -0.25) is 14.6 Å². The highest BCUT2D eigenvalue weighted by Crippen LogP contribution is 2.22. The number of pyridine rings is 1. The Morgan fingerprint density at radius 1 is 1.06 bits per heavy atom. The number of hydrogen-bond donors (Lipinski definition) is 3. The van der Waals surface area contributed by atoms with Crippen LogP contribution in [0.4, 0.5) is 5.69 Å². The Morgan fingerprint density at radius 2 is 1.87 bits per heavy atom. The van der Waals surface area contributed by atoms with Crippen LogP contribution >= 0.6 is 11.6 Å². The van der Waals surface area contributed by atoms with E-state index >= 15 is 0 Å².